The zero-order valence-corrected chi connectivity index (χ0v) is 20.0. The lowest BCUT2D eigenvalue weighted by atomic mass is 9.98. The first kappa shape index (κ1) is 24.2. The van der Waals surface area contributed by atoms with Gasteiger partial charge in [-0.15, -0.1) is 0 Å². The number of amides is 3. The molecule has 0 saturated heterocycles. The van der Waals surface area contributed by atoms with E-state index in [-0.39, 0.29) is 11.8 Å². The Morgan fingerprint density at radius 1 is 1.00 bits per heavy atom. The molecule has 1 aliphatic heterocycles. The topological polar surface area (TPSA) is 119 Å². The third-order valence-electron chi connectivity index (χ3n) is 6.24. The summed E-state index contributed by atoms with van der Waals surface area (Å²) in [6.07, 6.45) is 1.16. The van der Waals surface area contributed by atoms with Gasteiger partial charge in [-0.25, -0.2) is 0 Å². The Bertz CT molecular complexity index is 1260. The minimum absolute atomic E-state index is 0.171. The molecule has 3 amide bonds. The van der Waals surface area contributed by atoms with Gasteiger partial charge in [0.25, 0.3) is 0 Å². The van der Waals surface area contributed by atoms with Crippen LogP contribution < -0.4 is 21.7 Å². The summed E-state index contributed by atoms with van der Waals surface area (Å²) in [6.45, 7) is 3.58. The van der Waals surface area contributed by atoms with Gasteiger partial charge in [0.1, 0.15) is 6.04 Å². The molecule has 1 atom stereocenters. The maximum Gasteiger partial charge on any atom is 0.249 e. The molecular formula is C28H30N4O3. The number of aryl methyl sites for hydroxylation is 1. The van der Waals surface area contributed by atoms with Crippen LogP contribution in [0.1, 0.15) is 41.8 Å². The minimum Gasteiger partial charge on any atom is -0.366 e. The molecule has 0 aliphatic carbocycles. The zero-order chi connectivity index (χ0) is 25.2. The summed E-state index contributed by atoms with van der Waals surface area (Å²) in [6, 6.07) is 22.0. The van der Waals surface area contributed by atoms with Crippen LogP contribution in [0.4, 0.5) is 5.69 Å². The van der Waals surface area contributed by atoms with Crippen LogP contribution in [-0.4, -0.2) is 29.3 Å². The van der Waals surface area contributed by atoms with Crippen LogP contribution in [0, 0.1) is 0 Å². The van der Waals surface area contributed by atoms with Crippen LogP contribution in [0.2, 0.25) is 0 Å². The van der Waals surface area contributed by atoms with E-state index in [1.165, 1.54) is 0 Å². The van der Waals surface area contributed by atoms with Crippen molar-refractivity contribution in [3.8, 4) is 11.1 Å². The Kier molecular flexibility index (Phi) is 6.71. The van der Waals surface area contributed by atoms with Gasteiger partial charge in [-0.1, -0.05) is 60.7 Å². The van der Waals surface area contributed by atoms with Crippen LogP contribution >= 0.6 is 0 Å². The molecule has 0 bridgehead atoms. The van der Waals surface area contributed by atoms with E-state index >= 15 is 0 Å². The number of benzene rings is 3. The van der Waals surface area contributed by atoms with Crippen molar-refractivity contribution in [1.82, 2.24) is 5.32 Å². The highest BCUT2D eigenvalue weighted by atomic mass is 16.2. The molecule has 0 spiro atoms. The van der Waals surface area contributed by atoms with E-state index in [2.05, 4.69) is 5.32 Å². The highest BCUT2D eigenvalue weighted by Crippen LogP contribution is 2.30. The van der Waals surface area contributed by atoms with Gasteiger partial charge in [0.05, 0.1) is 12.1 Å². The molecule has 7 heteroatoms. The van der Waals surface area contributed by atoms with E-state index in [0.717, 1.165) is 27.9 Å². The number of carbonyl (C=O) groups excluding carboxylic acids is 3. The second-order valence-corrected chi connectivity index (χ2v) is 9.45. The molecule has 0 saturated carbocycles. The summed E-state index contributed by atoms with van der Waals surface area (Å²) in [5.41, 5.74) is 15.3. The monoisotopic (exact) mass is 470 g/mol. The van der Waals surface area contributed by atoms with Crippen molar-refractivity contribution < 1.29 is 14.4 Å². The van der Waals surface area contributed by atoms with E-state index < -0.39 is 17.5 Å². The number of nitrogens with two attached hydrogens (primary N) is 2. The molecule has 4 rings (SSSR count). The minimum atomic E-state index is -1.08. The Labute approximate surface area is 205 Å². The number of rotatable bonds is 6. The van der Waals surface area contributed by atoms with Crippen LogP contribution in [0.5, 0.6) is 0 Å². The second kappa shape index (κ2) is 9.72. The fourth-order valence-electron chi connectivity index (χ4n) is 4.28. The summed E-state index contributed by atoms with van der Waals surface area (Å²) >= 11 is 0. The fraction of sp³-hybridized carbons (Fsp3) is 0.250. The first-order valence-electron chi connectivity index (χ1n) is 11.6. The highest BCUT2D eigenvalue weighted by Gasteiger charge is 2.34. The number of fused-ring (bicyclic) bond motifs is 1. The van der Waals surface area contributed by atoms with Gasteiger partial charge in [0, 0.05) is 11.3 Å². The average molecular weight is 471 g/mol. The predicted molar refractivity (Wildman–Crippen MR) is 137 cm³/mol. The van der Waals surface area contributed by atoms with Crippen molar-refractivity contribution in [1.29, 1.82) is 0 Å². The Morgan fingerprint density at radius 3 is 2.34 bits per heavy atom. The quantitative estimate of drug-likeness (QED) is 0.513. The van der Waals surface area contributed by atoms with Gasteiger partial charge >= 0.3 is 0 Å². The van der Waals surface area contributed by atoms with Crippen LogP contribution in [0.15, 0.2) is 72.8 Å². The molecule has 3 aromatic carbocycles. The second-order valence-electron chi connectivity index (χ2n) is 9.45. The number of carbonyl (C=O) groups is 3. The smallest absolute Gasteiger partial charge is 0.249 e. The maximum atomic E-state index is 13.6. The third kappa shape index (κ3) is 5.25. The van der Waals surface area contributed by atoms with Crippen molar-refractivity contribution >= 4 is 23.4 Å². The molecule has 3 aromatic rings. The highest BCUT2D eigenvalue weighted by molar-refractivity contribution is 6.01. The van der Waals surface area contributed by atoms with Gasteiger partial charge < -0.3 is 21.7 Å². The van der Waals surface area contributed by atoms with E-state index in [1.54, 1.807) is 30.9 Å². The normalized spacial score (nSPS) is 15.8. The Balaban J connectivity index is 1.62. The number of hydrogen-bond acceptors (Lipinski definition) is 4. The summed E-state index contributed by atoms with van der Waals surface area (Å²) in [7, 11) is 0. The van der Waals surface area contributed by atoms with Crippen molar-refractivity contribution in [2.24, 2.45) is 11.5 Å². The number of hydrogen-bond donors (Lipinski definition) is 3. The molecule has 0 fully saturated rings. The van der Waals surface area contributed by atoms with E-state index in [4.69, 9.17) is 11.5 Å². The predicted octanol–water partition coefficient (Wildman–Crippen LogP) is 3.15. The Hall–Kier alpha value is -3.97. The Morgan fingerprint density at radius 2 is 1.66 bits per heavy atom. The van der Waals surface area contributed by atoms with E-state index in [1.807, 2.05) is 60.7 Å². The van der Waals surface area contributed by atoms with Crippen LogP contribution in [-0.2, 0) is 22.6 Å². The summed E-state index contributed by atoms with van der Waals surface area (Å²) in [5, 5.41) is 2.85. The third-order valence-corrected chi connectivity index (χ3v) is 6.24. The number of primary amides is 1. The first-order valence-corrected chi connectivity index (χ1v) is 11.6. The van der Waals surface area contributed by atoms with Crippen LogP contribution in [0.25, 0.3) is 11.1 Å². The number of anilines is 1. The summed E-state index contributed by atoms with van der Waals surface area (Å²) < 4.78 is 0. The number of para-hydroxylation sites is 1. The lowest BCUT2D eigenvalue weighted by molar-refractivity contribution is -0.130. The lowest BCUT2D eigenvalue weighted by Gasteiger charge is -2.28. The SMILES string of the molecule is CC(C)(N)C(=O)N[C@@H]1CCc2ccccc2N(Cc2ccc(-c3ccccc3C(N)=O)cc2)C1=O. The van der Waals surface area contributed by atoms with Crippen molar-refractivity contribution in [2.45, 2.75) is 44.8 Å². The van der Waals surface area contributed by atoms with Gasteiger partial charge in [-0.2, -0.15) is 0 Å². The van der Waals surface area contributed by atoms with Gasteiger partial charge in [0.15, 0.2) is 0 Å². The summed E-state index contributed by atoms with van der Waals surface area (Å²) in [4.78, 5) is 39.7. The fourth-order valence-corrected chi connectivity index (χ4v) is 4.28. The molecule has 0 aromatic heterocycles. The molecule has 7 nitrogen and oxygen atoms in total. The molecule has 0 unspecified atom stereocenters. The van der Waals surface area contributed by atoms with E-state index in [0.29, 0.717) is 24.9 Å². The summed E-state index contributed by atoms with van der Waals surface area (Å²) in [5.74, 6) is -1.01. The molecule has 5 N–H and O–H groups in total. The largest absolute Gasteiger partial charge is 0.366 e. The van der Waals surface area contributed by atoms with Gasteiger partial charge in [-0.3, -0.25) is 14.4 Å². The van der Waals surface area contributed by atoms with Crippen molar-refractivity contribution in [3.05, 3.63) is 89.5 Å². The number of nitrogens with zero attached hydrogens (tertiary/aromatic N) is 1. The van der Waals surface area contributed by atoms with Gasteiger partial charge in [0.2, 0.25) is 17.7 Å². The van der Waals surface area contributed by atoms with Crippen molar-refractivity contribution in [2.75, 3.05) is 4.90 Å². The molecule has 1 heterocycles. The van der Waals surface area contributed by atoms with Crippen LogP contribution in [0.3, 0.4) is 0 Å². The number of nitrogens with one attached hydrogen (secondary N) is 1. The lowest BCUT2D eigenvalue weighted by Crippen LogP contribution is -2.56. The van der Waals surface area contributed by atoms with Gasteiger partial charge in [-0.05, 0) is 61.1 Å². The average Bonchev–Trinajstić information content (AvgIpc) is 2.96. The molecular weight excluding hydrogens is 440 g/mol. The zero-order valence-electron chi connectivity index (χ0n) is 20.0. The maximum absolute atomic E-state index is 13.6. The molecule has 0 radical (unpaired) electrons. The van der Waals surface area contributed by atoms with E-state index in [9.17, 15) is 14.4 Å². The molecule has 35 heavy (non-hydrogen) atoms. The molecule has 180 valence electrons. The van der Waals surface area contributed by atoms with Crippen molar-refractivity contribution in [3.63, 3.8) is 0 Å². The first-order chi connectivity index (χ1) is 16.6. The molecule has 1 aliphatic rings. The standard InChI is InChI=1S/C28H30N4O3/c1-28(2,30)27(35)31-23-16-15-20-7-3-6-10-24(20)32(26(23)34)17-18-11-13-19(14-12-18)21-8-4-5-9-22(21)25(29)33/h3-14,23H,15-17,30H2,1-2H3,(H2,29,33)(H,31,35)/t23-/m1/s1.